The van der Waals surface area contributed by atoms with Crippen LogP contribution in [0.25, 0.3) is 0 Å². The van der Waals surface area contributed by atoms with Crippen molar-refractivity contribution < 1.29 is 0 Å². The van der Waals surface area contributed by atoms with Crippen molar-refractivity contribution in [3.63, 3.8) is 0 Å². The first-order valence-corrected chi connectivity index (χ1v) is 8.63. The van der Waals surface area contributed by atoms with Crippen molar-refractivity contribution in [2.24, 2.45) is 0 Å². The molecule has 6 heteroatoms. The number of pyridine rings is 1. The van der Waals surface area contributed by atoms with Crippen LogP contribution in [0.4, 0.5) is 17.3 Å². The predicted molar refractivity (Wildman–Crippen MR) is 94.5 cm³/mol. The maximum atomic E-state index is 6.24. The van der Waals surface area contributed by atoms with Gasteiger partial charge in [0, 0.05) is 11.4 Å². The largest absolute Gasteiger partial charge is 0.369 e. The van der Waals surface area contributed by atoms with Crippen LogP contribution in [0.2, 0.25) is 10.0 Å². The summed E-state index contributed by atoms with van der Waals surface area (Å²) in [6, 6.07) is 9.73. The number of nitrogens with zero attached hydrogens (tertiary/aromatic N) is 1. The van der Waals surface area contributed by atoms with Gasteiger partial charge < -0.3 is 10.6 Å². The Labute approximate surface area is 139 Å². The lowest BCUT2D eigenvalue weighted by Crippen LogP contribution is -2.05. The van der Waals surface area contributed by atoms with E-state index in [0.29, 0.717) is 21.7 Å². The molecule has 0 bridgehead atoms. The fourth-order valence-electron chi connectivity index (χ4n) is 1.80. The molecule has 0 spiro atoms. The molecular formula is C15H17Cl2N3S. The molecule has 0 saturated heterocycles. The van der Waals surface area contributed by atoms with Gasteiger partial charge in [0.05, 0.1) is 15.7 Å². The van der Waals surface area contributed by atoms with Gasteiger partial charge in [0.1, 0.15) is 5.82 Å². The van der Waals surface area contributed by atoms with E-state index >= 15 is 0 Å². The van der Waals surface area contributed by atoms with E-state index in [2.05, 4.69) is 22.5 Å². The smallest absolute Gasteiger partial charge is 0.151 e. The molecule has 0 aliphatic heterocycles. The second kappa shape index (κ2) is 7.78. The number of thioether (sulfide) groups is 1. The highest BCUT2D eigenvalue weighted by Crippen LogP contribution is 2.33. The van der Waals surface area contributed by atoms with Gasteiger partial charge in [0.2, 0.25) is 0 Å². The van der Waals surface area contributed by atoms with Crippen LogP contribution in [0.5, 0.6) is 0 Å². The molecule has 1 aromatic carbocycles. The standard InChI is InChI=1S/C15H17Cl2N3S/c1-3-8-18-14-10(16)9-11(17)15(20-14)19-12-6-4-5-7-13(12)21-2/h4-7,9H,3,8H2,1-2H3,(H2,18,19,20). The van der Waals surface area contributed by atoms with Gasteiger partial charge in [-0.05, 0) is 30.9 Å². The van der Waals surface area contributed by atoms with Crippen molar-refractivity contribution in [2.45, 2.75) is 18.2 Å². The quantitative estimate of drug-likeness (QED) is 0.663. The normalized spacial score (nSPS) is 10.5. The highest BCUT2D eigenvalue weighted by atomic mass is 35.5. The van der Waals surface area contributed by atoms with Crippen LogP contribution in [0, 0.1) is 0 Å². The summed E-state index contributed by atoms with van der Waals surface area (Å²) in [6.45, 7) is 2.90. The number of benzene rings is 1. The monoisotopic (exact) mass is 341 g/mol. The van der Waals surface area contributed by atoms with Crippen molar-refractivity contribution in [3.05, 3.63) is 40.4 Å². The van der Waals surface area contributed by atoms with Gasteiger partial charge in [-0.3, -0.25) is 0 Å². The zero-order valence-corrected chi connectivity index (χ0v) is 14.2. The number of halogens is 2. The number of rotatable bonds is 6. The van der Waals surface area contributed by atoms with Crippen LogP contribution in [0.15, 0.2) is 35.2 Å². The van der Waals surface area contributed by atoms with Crippen LogP contribution in [0.1, 0.15) is 13.3 Å². The van der Waals surface area contributed by atoms with Gasteiger partial charge >= 0.3 is 0 Å². The molecule has 2 aromatic rings. The Balaban J connectivity index is 2.30. The lowest BCUT2D eigenvalue weighted by atomic mass is 10.3. The zero-order chi connectivity index (χ0) is 15.2. The first-order valence-electron chi connectivity index (χ1n) is 6.65. The summed E-state index contributed by atoms with van der Waals surface area (Å²) in [4.78, 5) is 5.62. The third-order valence-corrected chi connectivity index (χ3v) is 4.20. The second-order valence-corrected chi connectivity index (χ2v) is 6.06. The molecule has 0 aliphatic carbocycles. The summed E-state index contributed by atoms with van der Waals surface area (Å²) in [7, 11) is 0. The maximum absolute atomic E-state index is 6.24. The number of aromatic nitrogens is 1. The lowest BCUT2D eigenvalue weighted by molar-refractivity contribution is 0.970. The third kappa shape index (κ3) is 4.19. The molecule has 0 amide bonds. The fourth-order valence-corrected chi connectivity index (χ4v) is 2.82. The van der Waals surface area contributed by atoms with Crippen LogP contribution in [-0.2, 0) is 0 Å². The predicted octanol–water partition coefficient (Wildman–Crippen LogP) is 5.68. The number of para-hydroxylation sites is 1. The fraction of sp³-hybridized carbons (Fsp3) is 0.267. The molecule has 21 heavy (non-hydrogen) atoms. The van der Waals surface area contributed by atoms with E-state index in [1.165, 1.54) is 0 Å². The summed E-state index contributed by atoms with van der Waals surface area (Å²) in [5.41, 5.74) is 0.975. The molecule has 112 valence electrons. The average Bonchev–Trinajstić information content (AvgIpc) is 2.49. The molecule has 0 saturated carbocycles. The Kier molecular flexibility index (Phi) is 6.03. The maximum Gasteiger partial charge on any atom is 0.151 e. The lowest BCUT2D eigenvalue weighted by Gasteiger charge is -2.14. The molecule has 0 aliphatic rings. The van der Waals surface area contributed by atoms with Crippen LogP contribution >= 0.6 is 35.0 Å². The molecule has 0 atom stereocenters. The minimum absolute atomic E-state index is 0.498. The Morgan fingerprint density at radius 2 is 1.86 bits per heavy atom. The van der Waals surface area contributed by atoms with E-state index in [0.717, 1.165) is 23.5 Å². The molecule has 2 rings (SSSR count). The van der Waals surface area contributed by atoms with Crippen molar-refractivity contribution in [3.8, 4) is 0 Å². The molecule has 1 aromatic heterocycles. The molecule has 0 unspecified atom stereocenters. The van der Waals surface area contributed by atoms with Crippen LogP contribution in [-0.4, -0.2) is 17.8 Å². The minimum atomic E-state index is 0.498. The van der Waals surface area contributed by atoms with Crippen molar-refractivity contribution >= 4 is 52.3 Å². The molecule has 2 N–H and O–H groups in total. The van der Waals surface area contributed by atoms with Crippen LogP contribution in [0.3, 0.4) is 0 Å². The number of nitrogens with one attached hydrogen (secondary N) is 2. The van der Waals surface area contributed by atoms with E-state index in [1.54, 1.807) is 17.8 Å². The van der Waals surface area contributed by atoms with Gasteiger partial charge in [-0.25, -0.2) is 4.98 Å². The number of hydrogen-bond donors (Lipinski definition) is 2. The summed E-state index contributed by atoms with van der Waals surface area (Å²) in [6.07, 6.45) is 3.03. The van der Waals surface area contributed by atoms with Crippen molar-refractivity contribution in [2.75, 3.05) is 23.4 Å². The van der Waals surface area contributed by atoms with Crippen molar-refractivity contribution in [1.29, 1.82) is 0 Å². The summed E-state index contributed by atoms with van der Waals surface area (Å²) < 4.78 is 0. The topological polar surface area (TPSA) is 37.0 Å². The molecule has 3 nitrogen and oxygen atoms in total. The Bertz CT molecular complexity index is 620. The van der Waals surface area contributed by atoms with Gasteiger partial charge in [-0.15, -0.1) is 11.8 Å². The molecule has 0 fully saturated rings. The first-order chi connectivity index (χ1) is 10.2. The van der Waals surface area contributed by atoms with Gasteiger partial charge in [0.15, 0.2) is 5.82 Å². The number of hydrogen-bond acceptors (Lipinski definition) is 4. The summed E-state index contributed by atoms with van der Waals surface area (Å²) in [5, 5.41) is 7.49. The second-order valence-electron chi connectivity index (χ2n) is 4.40. The summed E-state index contributed by atoms with van der Waals surface area (Å²) in [5.74, 6) is 1.24. The molecular weight excluding hydrogens is 325 g/mol. The zero-order valence-electron chi connectivity index (χ0n) is 11.9. The summed E-state index contributed by atoms with van der Waals surface area (Å²) >= 11 is 14.1. The first kappa shape index (κ1) is 16.3. The van der Waals surface area contributed by atoms with Gasteiger partial charge in [-0.2, -0.15) is 0 Å². The Morgan fingerprint density at radius 3 is 2.57 bits per heavy atom. The number of anilines is 3. The SMILES string of the molecule is CCCNc1nc(Nc2ccccc2SC)c(Cl)cc1Cl. The van der Waals surface area contributed by atoms with E-state index in [4.69, 9.17) is 23.2 Å². The van der Waals surface area contributed by atoms with Crippen molar-refractivity contribution in [1.82, 2.24) is 4.98 Å². The Hall–Kier alpha value is -1.10. The minimum Gasteiger partial charge on any atom is -0.369 e. The highest BCUT2D eigenvalue weighted by molar-refractivity contribution is 7.98. The van der Waals surface area contributed by atoms with E-state index in [1.807, 2.05) is 30.5 Å². The molecule has 1 heterocycles. The van der Waals surface area contributed by atoms with Crippen LogP contribution < -0.4 is 10.6 Å². The third-order valence-electron chi connectivity index (χ3n) is 2.83. The average molecular weight is 342 g/mol. The Morgan fingerprint density at radius 1 is 1.14 bits per heavy atom. The molecule has 0 radical (unpaired) electrons. The van der Waals surface area contributed by atoms with E-state index in [9.17, 15) is 0 Å². The van der Waals surface area contributed by atoms with Gasteiger partial charge in [-0.1, -0.05) is 42.3 Å². The van der Waals surface area contributed by atoms with E-state index in [-0.39, 0.29) is 0 Å². The highest BCUT2D eigenvalue weighted by Gasteiger charge is 2.10. The van der Waals surface area contributed by atoms with E-state index < -0.39 is 0 Å². The van der Waals surface area contributed by atoms with Gasteiger partial charge in [0.25, 0.3) is 0 Å².